The van der Waals surface area contributed by atoms with E-state index < -0.39 is 0 Å². The maximum Gasteiger partial charge on any atom is 0.150 e. The van der Waals surface area contributed by atoms with E-state index in [2.05, 4.69) is 5.32 Å². The fourth-order valence-electron chi connectivity index (χ4n) is 2.25. The number of aldehydes is 1. The van der Waals surface area contributed by atoms with E-state index in [4.69, 9.17) is 4.74 Å². The van der Waals surface area contributed by atoms with Crippen LogP contribution in [0, 0.1) is 0 Å². The monoisotopic (exact) mass is 255 g/mol. The Bertz CT molecular complexity index is 358. The van der Waals surface area contributed by atoms with Crippen molar-refractivity contribution < 1.29 is 9.53 Å². The lowest BCUT2D eigenvalue weighted by atomic mass is 9.92. The molecule has 1 aromatic carbocycles. The van der Waals surface area contributed by atoms with Crippen LogP contribution in [0.15, 0.2) is 24.3 Å². The van der Waals surface area contributed by atoms with Gasteiger partial charge in [-0.15, -0.1) is 12.4 Å². The Labute approximate surface area is 108 Å². The molecule has 17 heavy (non-hydrogen) atoms. The van der Waals surface area contributed by atoms with Gasteiger partial charge in [0.1, 0.15) is 12.0 Å². The highest BCUT2D eigenvalue weighted by Gasteiger charge is 2.33. The summed E-state index contributed by atoms with van der Waals surface area (Å²) >= 11 is 0. The Balaban J connectivity index is 0.00000144. The van der Waals surface area contributed by atoms with Crippen LogP contribution < -0.4 is 5.32 Å². The molecule has 0 aliphatic carbocycles. The van der Waals surface area contributed by atoms with Gasteiger partial charge in [0.05, 0.1) is 0 Å². The number of hydrogen-bond donors (Lipinski definition) is 1. The Morgan fingerprint density at radius 1 is 1.29 bits per heavy atom. The standard InChI is InChI=1S/C13H17NO2.ClH/c1-16-13(8-2-3-9-14-13)12-6-4-11(10-15)5-7-12;/h4-7,10,14H,2-3,8-9H2,1H3;1H/t13-;/m1./s1. The maximum atomic E-state index is 10.6. The highest BCUT2D eigenvalue weighted by molar-refractivity contribution is 5.85. The normalized spacial score (nSPS) is 23.8. The molecule has 3 nitrogen and oxygen atoms in total. The molecule has 2 rings (SSSR count). The smallest absolute Gasteiger partial charge is 0.150 e. The number of hydrogen-bond acceptors (Lipinski definition) is 3. The summed E-state index contributed by atoms with van der Waals surface area (Å²) in [5.74, 6) is 0. The lowest BCUT2D eigenvalue weighted by molar-refractivity contribution is -0.0648. The van der Waals surface area contributed by atoms with Crippen LogP contribution >= 0.6 is 12.4 Å². The number of methoxy groups -OCH3 is 1. The van der Waals surface area contributed by atoms with Gasteiger partial charge >= 0.3 is 0 Å². The first kappa shape index (κ1) is 14.2. The van der Waals surface area contributed by atoms with Gasteiger partial charge < -0.3 is 4.74 Å². The molecule has 1 fully saturated rings. The second-order valence-electron chi connectivity index (χ2n) is 4.15. The molecular weight excluding hydrogens is 238 g/mol. The van der Waals surface area contributed by atoms with Crippen LogP contribution in [0.25, 0.3) is 0 Å². The molecule has 0 bridgehead atoms. The second-order valence-corrected chi connectivity index (χ2v) is 4.15. The Hall–Kier alpha value is -0.900. The van der Waals surface area contributed by atoms with Crippen molar-refractivity contribution in [2.75, 3.05) is 13.7 Å². The summed E-state index contributed by atoms with van der Waals surface area (Å²) in [4.78, 5) is 10.6. The third kappa shape index (κ3) is 2.86. The molecule has 0 radical (unpaired) electrons. The average molecular weight is 256 g/mol. The fourth-order valence-corrected chi connectivity index (χ4v) is 2.25. The average Bonchev–Trinajstić information content (AvgIpc) is 2.39. The Morgan fingerprint density at radius 3 is 2.47 bits per heavy atom. The quantitative estimate of drug-likeness (QED) is 0.844. The molecule has 0 saturated carbocycles. The zero-order valence-electron chi connectivity index (χ0n) is 9.94. The zero-order chi connectivity index (χ0) is 11.4. The van der Waals surface area contributed by atoms with Gasteiger partial charge in [-0.25, -0.2) is 0 Å². The number of piperidine rings is 1. The highest BCUT2D eigenvalue weighted by atomic mass is 35.5. The summed E-state index contributed by atoms with van der Waals surface area (Å²) in [7, 11) is 1.73. The first-order chi connectivity index (χ1) is 7.80. The summed E-state index contributed by atoms with van der Waals surface area (Å²) in [6.07, 6.45) is 4.19. The van der Waals surface area contributed by atoms with E-state index >= 15 is 0 Å². The molecule has 1 saturated heterocycles. The molecular formula is C13H18ClNO2. The van der Waals surface area contributed by atoms with Crippen LogP contribution in [0.4, 0.5) is 0 Å². The molecule has 1 aliphatic heterocycles. The van der Waals surface area contributed by atoms with E-state index in [1.165, 1.54) is 6.42 Å². The van der Waals surface area contributed by atoms with Crippen molar-refractivity contribution in [1.82, 2.24) is 5.32 Å². The highest BCUT2D eigenvalue weighted by Crippen LogP contribution is 2.30. The van der Waals surface area contributed by atoms with Gasteiger partial charge in [0.2, 0.25) is 0 Å². The number of nitrogens with one attached hydrogen (secondary N) is 1. The Kier molecular flexibility index (Phi) is 5.12. The molecule has 0 amide bonds. The van der Waals surface area contributed by atoms with E-state index in [1.54, 1.807) is 7.11 Å². The van der Waals surface area contributed by atoms with Gasteiger partial charge in [-0.05, 0) is 31.4 Å². The van der Waals surface area contributed by atoms with Crippen LogP contribution in [-0.2, 0) is 10.5 Å². The van der Waals surface area contributed by atoms with Gasteiger partial charge in [-0.1, -0.05) is 24.3 Å². The fraction of sp³-hybridized carbons (Fsp3) is 0.462. The van der Waals surface area contributed by atoms with Gasteiger partial charge in [-0.3, -0.25) is 10.1 Å². The SMILES string of the molecule is CO[C@@]1(c2ccc(C=O)cc2)CCCCN1.Cl. The Morgan fingerprint density at radius 2 is 2.00 bits per heavy atom. The number of rotatable bonds is 3. The predicted molar refractivity (Wildman–Crippen MR) is 69.6 cm³/mol. The predicted octanol–water partition coefficient (Wildman–Crippen LogP) is 2.49. The zero-order valence-corrected chi connectivity index (χ0v) is 10.8. The molecule has 1 atom stereocenters. The van der Waals surface area contributed by atoms with Gasteiger partial charge in [0.15, 0.2) is 0 Å². The maximum absolute atomic E-state index is 10.6. The minimum absolute atomic E-state index is 0. The third-order valence-corrected chi connectivity index (χ3v) is 3.23. The van der Waals surface area contributed by atoms with Crippen molar-refractivity contribution >= 4 is 18.7 Å². The number of carbonyl (C=O) groups excluding carboxylic acids is 1. The van der Waals surface area contributed by atoms with Gasteiger partial charge in [0, 0.05) is 12.7 Å². The van der Waals surface area contributed by atoms with Crippen LogP contribution in [-0.4, -0.2) is 19.9 Å². The number of halogens is 1. The first-order valence-electron chi connectivity index (χ1n) is 5.67. The molecule has 1 aliphatic rings. The van der Waals surface area contributed by atoms with Crippen molar-refractivity contribution in [3.8, 4) is 0 Å². The topological polar surface area (TPSA) is 38.3 Å². The van der Waals surface area contributed by atoms with Crippen LogP contribution in [0.5, 0.6) is 0 Å². The van der Waals surface area contributed by atoms with E-state index in [0.29, 0.717) is 5.56 Å². The summed E-state index contributed by atoms with van der Waals surface area (Å²) in [6, 6.07) is 7.59. The molecule has 1 N–H and O–H groups in total. The van der Waals surface area contributed by atoms with Gasteiger partial charge in [0.25, 0.3) is 0 Å². The summed E-state index contributed by atoms with van der Waals surface area (Å²) < 4.78 is 5.64. The van der Waals surface area contributed by atoms with E-state index in [1.807, 2.05) is 24.3 Å². The van der Waals surface area contributed by atoms with Gasteiger partial charge in [-0.2, -0.15) is 0 Å². The molecule has 0 spiro atoms. The summed E-state index contributed by atoms with van der Waals surface area (Å²) in [6.45, 7) is 0.975. The largest absolute Gasteiger partial charge is 0.360 e. The van der Waals surface area contributed by atoms with E-state index in [9.17, 15) is 4.79 Å². The molecule has 1 aromatic rings. The second kappa shape index (κ2) is 6.15. The van der Waals surface area contributed by atoms with Crippen molar-refractivity contribution in [1.29, 1.82) is 0 Å². The van der Waals surface area contributed by atoms with Crippen molar-refractivity contribution in [2.45, 2.75) is 25.0 Å². The van der Waals surface area contributed by atoms with Crippen molar-refractivity contribution in [3.05, 3.63) is 35.4 Å². The molecule has 4 heteroatoms. The number of ether oxygens (including phenoxy) is 1. The van der Waals surface area contributed by atoms with Crippen molar-refractivity contribution in [3.63, 3.8) is 0 Å². The molecule has 0 aromatic heterocycles. The number of benzene rings is 1. The third-order valence-electron chi connectivity index (χ3n) is 3.23. The first-order valence-corrected chi connectivity index (χ1v) is 5.67. The van der Waals surface area contributed by atoms with Crippen LogP contribution in [0.1, 0.15) is 35.2 Å². The number of carbonyl (C=O) groups is 1. The minimum atomic E-state index is -0.361. The van der Waals surface area contributed by atoms with Crippen LogP contribution in [0.2, 0.25) is 0 Å². The minimum Gasteiger partial charge on any atom is -0.360 e. The molecule has 94 valence electrons. The molecule has 0 unspecified atom stereocenters. The van der Waals surface area contributed by atoms with Crippen LogP contribution in [0.3, 0.4) is 0 Å². The lowest BCUT2D eigenvalue weighted by Gasteiger charge is -2.37. The summed E-state index contributed by atoms with van der Waals surface area (Å²) in [5, 5.41) is 3.43. The lowest BCUT2D eigenvalue weighted by Crippen LogP contribution is -2.47. The van der Waals surface area contributed by atoms with E-state index in [-0.39, 0.29) is 18.1 Å². The van der Waals surface area contributed by atoms with Crippen molar-refractivity contribution in [2.24, 2.45) is 0 Å². The van der Waals surface area contributed by atoms with E-state index in [0.717, 1.165) is 31.2 Å². The summed E-state index contributed by atoms with van der Waals surface area (Å²) in [5.41, 5.74) is 1.44. The molecule has 1 heterocycles.